The van der Waals surface area contributed by atoms with E-state index < -0.39 is 54.1 Å². The molecule has 1 aliphatic heterocycles. The summed E-state index contributed by atoms with van der Waals surface area (Å²) in [5.41, 5.74) is -0.914. The minimum atomic E-state index is -5.37. The first-order valence-corrected chi connectivity index (χ1v) is 6.13. The number of carboxylic acid groups (broad SMARTS) is 1. The number of rotatable bonds is 1. The van der Waals surface area contributed by atoms with E-state index in [2.05, 4.69) is 5.10 Å². The van der Waals surface area contributed by atoms with Crippen molar-refractivity contribution in [2.75, 3.05) is 4.90 Å². The number of alkyl halides is 6. The summed E-state index contributed by atoms with van der Waals surface area (Å²) in [5, 5.41) is 12.2. The number of aromatic nitrogens is 2. The van der Waals surface area contributed by atoms with Gasteiger partial charge in [0, 0.05) is 6.04 Å². The van der Waals surface area contributed by atoms with Crippen molar-refractivity contribution in [1.29, 1.82) is 0 Å². The van der Waals surface area contributed by atoms with Crippen molar-refractivity contribution >= 4 is 17.7 Å². The van der Waals surface area contributed by atoms with Crippen LogP contribution in [0.4, 0.5) is 32.2 Å². The monoisotopic (exact) mass is 345 g/mol. The van der Waals surface area contributed by atoms with Gasteiger partial charge in [-0.05, 0) is 13.3 Å². The summed E-state index contributed by atoms with van der Waals surface area (Å²) >= 11 is 0. The maximum Gasteiger partial charge on any atom is 0.471 e. The Balaban J connectivity index is 2.66. The lowest BCUT2D eigenvalue weighted by molar-refractivity contribution is -0.180. The van der Waals surface area contributed by atoms with Gasteiger partial charge in [-0.3, -0.25) is 9.69 Å². The third kappa shape index (κ3) is 2.84. The van der Waals surface area contributed by atoms with Crippen molar-refractivity contribution in [3.63, 3.8) is 0 Å². The largest absolute Gasteiger partial charge is 0.477 e. The van der Waals surface area contributed by atoms with Crippen LogP contribution in [0.15, 0.2) is 6.20 Å². The molecule has 0 bridgehead atoms. The zero-order chi connectivity index (χ0) is 17.7. The summed E-state index contributed by atoms with van der Waals surface area (Å²) in [5.74, 6) is -5.27. The molecule has 0 fully saturated rings. The number of anilines is 1. The van der Waals surface area contributed by atoms with Gasteiger partial charge in [0.1, 0.15) is 11.4 Å². The minimum absolute atomic E-state index is 0.00130. The molecule has 0 saturated heterocycles. The Kier molecular flexibility index (Phi) is 3.81. The zero-order valence-corrected chi connectivity index (χ0v) is 11.3. The number of carboxylic acids is 1. The second kappa shape index (κ2) is 5.13. The lowest BCUT2D eigenvalue weighted by Gasteiger charge is -2.39. The van der Waals surface area contributed by atoms with E-state index in [1.54, 1.807) is 0 Å². The van der Waals surface area contributed by atoms with Crippen LogP contribution in [0.1, 0.15) is 29.7 Å². The molecule has 0 radical (unpaired) electrons. The number of carbonyl (C=O) groups excluding carboxylic acids is 1. The van der Waals surface area contributed by atoms with Crippen molar-refractivity contribution in [2.45, 2.75) is 37.8 Å². The van der Waals surface area contributed by atoms with E-state index in [-0.39, 0.29) is 9.58 Å². The summed E-state index contributed by atoms with van der Waals surface area (Å²) in [6.07, 6.45) is -10.6. The number of hydrogen-bond donors (Lipinski definition) is 1. The van der Waals surface area contributed by atoms with Crippen molar-refractivity contribution in [2.24, 2.45) is 0 Å². The predicted molar refractivity (Wildman–Crippen MR) is 61.9 cm³/mol. The van der Waals surface area contributed by atoms with Crippen LogP contribution in [0.3, 0.4) is 0 Å². The molecule has 0 saturated carbocycles. The molecule has 0 unspecified atom stereocenters. The number of aromatic carboxylic acids is 1. The number of halogens is 6. The summed E-state index contributed by atoms with van der Waals surface area (Å²) in [7, 11) is 0. The number of hydrogen-bond acceptors (Lipinski definition) is 3. The fourth-order valence-corrected chi connectivity index (χ4v) is 2.42. The van der Waals surface area contributed by atoms with Gasteiger partial charge in [-0.1, -0.05) is 0 Å². The van der Waals surface area contributed by atoms with Crippen LogP contribution in [-0.4, -0.2) is 45.2 Å². The Labute approximate surface area is 124 Å². The first-order chi connectivity index (χ1) is 10.4. The van der Waals surface area contributed by atoms with E-state index >= 15 is 0 Å². The molecule has 2 heterocycles. The maximum absolute atomic E-state index is 13.0. The fraction of sp³-hybridized carbons (Fsp3) is 0.545. The summed E-state index contributed by atoms with van der Waals surface area (Å²) in [6, 6.07) is -3.84. The number of amides is 1. The maximum atomic E-state index is 13.0. The Morgan fingerprint density at radius 3 is 2.26 bits per heavy atom. The van der Waals surface area contributed by atoms with Crippen LogP contribution in [0.2, 0.25) is 0 Å². The molecule has 2 atom stereocenters. The molecule has 1 aromatic rings. The van der Waals surface area contributed by atoms with Gasteiger partial charge in [-0.25, -0.2) is 9.48 Å². The quantitative estimate of drug-likeness (QED) is 0.793. The highest BCUT2D eigenvalue weighted by Crippen LogP contribution is 2.43. The molecule has 1 aliphatic rings. The van der Waals surface area contributed by atoms with Crippen molar-refractivity contribution in [3.05, 3.63) is 11.8 Å². The Bertz CT molecular complexity index is 650. The smallest absolute Gasteiger partial charge is 0.471 e. The molecule has 1 amide bonds. The molecule has 0 aliphatic carbocycles. The van der Waals surface area contributed by atoms with E-state index in [1.165, 1.54) is 0 Å². The summed E-state index contributed by atoms with van der Waals surface area (Å²) in [6.45, 7) is 0.977. The van der Waals surface area contributed by atoms with Crippen LogP contribution in [0.5, 0.6) is 0 Å². The highest BCUT2D eigenvalue weighted by Gasteiger charge is 2.53. The van der Waals surface area contributed by atoms with Crippen molar-refractivity contribution in [3.8, 4) is 0 Å². The minimum Gasteiger partial charge on any atom is -0.477 e. The van der Waals surface area contributed by atoms with Gasteiger partial charge >= 0.3 is 24.2 Å². The third-order valence-corrected chi connectivity index (χ3v) is 3.37. The normalized spacial score (nSPS) is 22.0. The zero-order valence-electron chi connectivity index (χ0n) is 11.3. The predicted octanol–water partition coefficient (Wildman–Crippen LogP) is 2.37. The van der Waals surface area contributed by atoms with Gasteiger partial charge in [0.25, 0.3) is 0 Å². The molecule has 1 aromatic heterocycles. The molecule has 6 nitrogen and oxygen atoms in total. The molecule has 128 valence electrons. The van der Waals surface area contributed by atoms with Gasteiger partial charge in [0.15, 0.2) is 6.04 Å². The average molecular weight is 345 g/mol. The second-order valence-corrected chi connectivity index (χ2v) is 4.95. The molecule has 23 heavy (non-hydrogen) atoms. The Morgan fingerprint density at radius 1 is 1.26 bits per heavy atom. The lowest BCUT2D eigenvalue weighted by atomic mass is 10.0. The first-order valence-electron chi connectivity index (χ1n) is 6.13. The molecule has 2 rings (SSSR count). The SMILES string of the molecule is C[C@@H]1C[C@H](C(F)(F)F)n2ncc(C(=O)O)c2N1C(=O)C(F)(F)F. The molecule has 1 N–H and O–H groups in total. The van der Waals surface area contributed by atoms with Crippen molar-refractivity contribution < 1.29 is 41.0 Å². The number of carbonyl (C=O) groups is 2. The van der Waals surface area contributed by atoms with E-state index in [1.807, 2.05) is 0 Å². The molecule has 12 heteroatoms. The number of fused-ring (bicyclic) bond motifs is 1. The van der Waals surface area contributed by atoms with Crippen LogP contribution in [-0.2, 0) is 4.79 Å². The highest BCUT2D eigenvalue weighted by molar-refractivity contribution is 6.03. The Morgan fingerprint density at radius 2 is 1.83 bits per heavy atom. The molecule has 0 spiro atoms. The highest BCUT2D eigenvalue weighted by atomic mass is 19.4. The van der Waals surface area contributed by atoms with Crippen molar-refractivity contribution in [1.82, 2.24) is 9.78 Å². The van der Waals surface area contributed by atoms with Gasteiger partial charge in [-0.2, -0.15) is 31.4 Å². The fourth-order valence-electron chi connectivity index (χ4n) is 2.42. The first kappa shape index (κ1) is 17.1. The van der Waals surface area contributed by atoms with Gasteiger partial charge in [0.05, 0.1) is 6.20 Å². The third-order valence-electron chi connectivity index (χ3n) is 3.37. The van der Waals surface area contributed by atoms with Gasteiger partial charge in [-0.15, -0.1) is 0 Å². The molecule has 0 aromatic carbocycles. The van der Waals surface area contributed by atoms with Gasteiger partial charge < -0.3 is 5.11 Å². The van der Waals surface area contributed by atoms with Crippen LogP contribution in [0.25, 0.3) is 0 Å². The Hall–Kier alpha value is -2.27. The van der Waals surface area contributed by atoms with E-state index in [0.717, 1.165) is 6.92 Å². The summed E-state index contributed by atoms with van der Waals surface area (Å²) < 4.78 is 77.2. The van der Waals surface area contributed by atoms with E-state index in [9.17, 15) is 35.9 Å². The van der Waals surface area contributed by atoms with Crippen LogP contribution >= 0.6 is 0 Å². The average Bonchev–Trinajstić information content (AvgIpc) is 2.79. The van der Waals surface area contributed by atoms with Crippen LogP contribution < -0.4 is 4.90 Å². The van der Waals surface area contributed by atoms with E-state index in [0.29, 0.717) is 6.20 Å². The van der Waals surface area contributed by atoms with E-state index in [4.69, 9.17) is 5.11 Å². The number of nitrogens with zero attached hydrogens (tertiary/aromatic N) is 3. The summed E-state index contributed by atoms with van der Waals surface area (Å²) in [4.78, 5) is 22.6. The molecular weight excluding hydrogens is 336 g/mol. The lowest BCUT2D eigenvalue weighted by Crippen LogP contribution is -2.52. The standard InChI is InChI=1S/C11H9F6N3O3/c1-4-2-6(10(12,13)14)20-7(5(3-18-20)8(21)22)19(4)9(23)11(15,16)17/h3-4,6H,2H2,1H3,(H,21,22)/t4-,6-/m1/s1. The second-order valence-electron chi connectivity index (χ2n) is 4.95. The molecular formula is C11H9F6N3O3. The van der Waals surface area contributed by atoms with Crippen LogP contribution in [0, 0.1) is 0 Å². The topological polar surface area (TPSA) is 75.4 Å². The van der Waals surface area contributed by atoms with Gasteiger partial charge in [0.2, 0.25) is 0 Å².